The van der Waals surface area contributed by atoms with Crippen molar-refractivity contribution in [2.45, 2.75) is 117 Å². The van der Waals surface area contributed by atoms with Crippen molar-refractivity contribution in [3.8, 4) is 0 Å². The molecule has 1 aliphatic heterocycles. The zero-order valence-corrected chi connectivity index (χ0v) is 24.7. The lowest BCUT2D eigenvalue weighted by atomic mass is 10.0. The molecule has 1 saturated heterocycles. The van der Waals surface area contributed by atoms with Gasteiger partial charge in [-0.05, 0) is 107 Å². The highest BCUT2D eigenvalue weighted by Gasteiger charge is 2.39. The van der Waals surface area contributed by atoms with Crippen LogP contribution in [0.25, 0.3) is 6.08 Å². The molecule has 0 saturated carbocycles. The van der Waals surface area contributed by atoms with E-state index in [1.165, 1.54) is 36.8 Å². The van der Waals surface area contributed by atoms with Gasteiger partial charge in [-0.3, -0.25) is 4.98 Å². The molecule has 4 nitrogen and oxygen atoms in total. The van der Waals surface area contributed by atoms with Crippen LogP contribution in [0, 0.1) is 5.92 Å². The van der Waals surface area contributed by atoms with E-state index in [-0.39, 0.29) is 17.4 Å². The Hall–Kier alpha value is -1.27. The van der Waals surface area contributed by atoms with Crippen LogP contribution in [0.1, 0.15) is 92.2 Å². The summed E-state index contributed by atoms with van der Waals surface area (Å²) in [7, 11) is -1.90. The van der Waals surface area contributed by atoms with E-state index >= 15 is 0 Å². The minimum absolute atomic E-state index is 0.0213. The third kappa shape index (κ3) is 11.1. The Balaban J connectivity index is 1.91. The van der Waals surface area contributed by atoms with E-state index in [9.17, 15) is 0 Å². The smallest absolute Gasteiger partial charge is 0.192 e. The van der Waals surface area contributed by atoms with Crippen molar-refractivity contribution in [1.29, 1.82) is 0 Å². The Morgan fingerprint density at radius 3 is 2.63 bits per heavy atom. The number of ether oxygens (including phenoxy) is 2. The van der Waals surface area contributed by atoms with E-state index in [0.29, 0.717) is 5.92 Å². The summed E-state index contributed by atoms with van der Waals surface area (Å²) in [6.45, 7) is 20.0. The third-order valence-electron chi connectivity index (χ3n) is 7.47. The molecule has 0 amide bonds. The second-order valence-electron chi connectivity index (χ2n) is 11.9. The van der Waals surface area contributed by atoms with E-state index in [1.54, 1.807) is 0 Å². The summed E-state index contributed by atoms with van der Waals surface area (Å²) >= 11 is 0. The van der Waals surface area contributed by atoms with Gasteiger partial charge in [0.2, 0.25) is 0 Å². The number of hydrogen-bond acceptors (Lipinski definition) is 4. The molecular weight excluding hydrogens is 450 g/mol. The molecule has 0 bridgehead atoms. The number of hydrogen-bond donors (Lipinski definition) is 0. The molecule has 2 heterocycles. The van der Waals surface area contributed by atoms with Gasteiger partial charge in [0.15, 0.2) is 14.6 Å². The molecule has 0 aliphatic carbocycles. The van der Waals surface area contributed by atoms with Crippen LogP contribution < -0.4 is 0 Å². The summed E-state index contributed by atoms with van der Waals surface area (Å²) in [5.41, 5.74) is 3.68. The molecule has 0 spiro atoms. The van der Waals surface area contributed by atoms with Crippen LogP contribution in [-0.4, -0.2) is 38.9 Å². The molecule has 1 unspecified atom stereocenters. The quantitative estimate of drug-likeness (QED) is 0.200. The van der Waals surface area contributed by atoms with Crippen LogP contribution in [0.4, 0.5) is 0 Å². The van der Waals surface area contributed by atoms with Gasteiger partial charge in [-0.2, -0.15) is 0 Å². The highest BCUT2D eigenvalue weighted by atomic mass is 28.4. The fourth-order valence-corrected chi connectivity index (χ4v) is 5.33. The second kappa shape index (κ2) is 14.5. The number of allylic oxidation sites excluding steroid dienone is 1. The summed E-state index contributed by atoms with van der Waals surface area (Å²) < 4.78 is 18.5. The van der Waals surface area contributed by atoms with Gasteiger partial charge in [0.25, 0.3) is 0 Å². The molecular formula is C30H51NO3Si. The Morgan fingerprint density at radius 1 is 1.23 bits per heavy atom. The zero-order valence-electron chi connectivity index (χ0n) is 23.7. The Labute approximate surface area is 216 Å². The van der Waals surface area contributed by atoms with Gasteiger partial charge in [-0.15, -0.1) is 0 Å². The molecule has 5 heteroatoms. The van der Waals surface area contributed by atoms with Gasteiger partial charge in [0.05, 0.1) is 18.4 Å². The first-order chi connectivity index (χ1) is 16.5. The van der Waals surface area contributed by atoms with Crippen molar-refractivity contribution < 1.29 is 13.9 Å². The SMILES string of the molecule is C/C(=C\C[C@H](O[Si](C)(C)C(C)(C)C)/C(C)=C/c1ccccn1)CCC[C@H](C)COC1CCCCO1. The van der Waals surface area contributed by atoms with Gasteiger partial charge in [0.1, 0.15) is 0 Å². The number of rotatable bonds is 13. The van der Waals surface area contributed by atoms with Crippen molar-refractivity contribution in [2.75, 3.05) is 13.2 Å². The van der Waals surface area contributed by atoms with E-state index < -0.39 is 8.32 Å². The predicted molar refractivity (Wildman–Crippen MR) is 151 cm³/mol. The summed E-state index contributed by atoms with van der Waals surface area (Å²) in [5, 5.41) is 0.177. The molecule has 3 atom stereocenters. The van der Waals surface area contributed by atoms with E-state index in [1.807, 2.05) is 18.3 Å². The molecule has 198 valence electrons. The summed E-state index contributed by atoms with van der Waals surface area (Å²) in [6.07, 6.45) is 14.4. The molecule has 1 aromatic heterocycles. The molecule has 1 fully saturated rings. The minimum atomic E-state index is -1.90. The van der Waals surface area contributed by atoms with Gasteiger partial charge in [0, 0.05) is 12.8 Å². The minimum Gasteiger partial charge on any atom is -0.410 e. The Morgan fingerprint density at radius 2 is 2.00 bits per heavy atom. The monoisotopic (exact) mass is 501 g/mol. The average molecular weight is 502 g/mol. The van der Waals surface area contributed by atoms with E-state index in [2.05, 4.69) is 77.8 Å². The molecule has 0 aromatic carbocycles. The molecule has 35 heavy (non-hydrogen) atoms. The molecule has 0 N–H and O–H groups in total. The van der Waals surface area contributed by atoms with E-state index in [0.717, 1.165) is 38.2 Å². The van der Waals surface area contributed by atoms with Crippen LogP contribution in [0.5, 0.6) is 0 Å². The molecule has 1 aliphatic rings. The van der Waals surface area contributed by atoms with Gasteiger partial charge in [-0.1, -0.05) is 45.4 Å². The van der Waals surface area contributed by atoms with Crippen molar-refractivity contribution in [3.05, 3.63) is 47.3 Å². The average Bonchev–Trinajstić information content (AvgIpc) is 2.81. The Kier molecular flexibility index (Phi) is 12.4. The largest absolute Gasteiger partial charge is 0.410 e. The predicted octanol–water partition coefficient (Wildman–Crippen LogP) is 8.56. The molecule has 2 rings (SSSR count). The van der Waals surface area contributed by atoms with Crippen molar-refractivity contribution in [2.24, 2.45) is 5.92 Å². The van der Waals surface area contributed by atoms with Gasteiger partial charge >= 0.3 is 0 Å². The highest BCUT2D eigenvalue weighted by Crippen LogP contribution is 2.38. The molecule has 0 radical (unpaired) electrons. The summed E-state index contributed by atoms with van der Waals surface area (Å²) in [4.78, 5) is 4.49. The van der Waals surface area contributed by atoms with Crippen molar-refractivity contribution >= 4 is 14.4 Å². The fourth-order valence-electron chi connectivity index (χ4n) is 3.98. The first-order valence-corrected chi connectivity index (χ1v) is 16.5. The summed E-state index contributed by atoms with van der Waals surface area (Å²) in [6, 6.07) is 6.05. The zero-order chi connectivity index (χ0) is 25.9. The maximum atomic E-state index is 6.89. The van der Waals surface area contributed by atoms with Crippen LogP contribution >= 0.6 is 0 Å². The van der Waals surface area contributed by atoms with Gasteiger partial charge < -0.3 is 13.9 Å². The van der Waals surface area contributed by atoms with Crippen LogP contribution in [0.15, 0.2) is 41.6 Å². The third-order valence-corrected chi connectivity index (χ3v) is 12.0. The maximum Gasteiger partial charge on any atom is 0.192 e. The van der Waals surface area contributed by atoms with Crippen molar-refractivity contribution in [3.63, 3.8) is 0 Å². The summed E-state index contributed by atoms with van der Waals surface area (Å²) in [5.74, 6) is 0.562. The normalized spacial score (nSPS) is 20.1. The highest BCUT2D eigenvalue weighted by molar-refractivity contribution is 6.74. The topological polar surface area (TPSA) is 40.6 Å². The first-order valence-electron chi connectivity index (χ1n) is 13.6. The molecule has 1 aromatic rings. The second-order valence-corrected chi connectivity index (χ2v) is 16.7. The number of pyridine rings is 1. The fraction of sp³-hybridized carbons (Fsp3) is 0.700. The lowest BCUT2D eigenvalue weighted by molar-refractivity contribution is -0.168. The van der Waals surface area contributed by atoms with Crippen molar-refractivity contribution in [1.82, 2.24) is 4.98 Å². The van der Waals surface area contributed by atoms with E-state index in [4.69, 9.17) is 13.9 Å². The first kappa shape index (κ1) is 30.0. The van der Waals surface area contributed by atoms with Gasteiger partial charge in [-0.25, -0.2) is 0 Å². The number of nitrogens with zero attached hydrogens (tertiary/aromatic N) is 1. The Bertz CT molecular complexity index is 792. The lowest BCUT2D eigenvalue weighted by Crippen LogP contribution is -2.44. The lowest BCUT2D eigenvalue weighted by Gasteiger charge is -2.39. The number of aromatic nitrogens is 1. The standard InChI is InChI=1S/C30H51NO3Si/c1-24(14-13-15-25(2)23-33-29-17-10-12-21-32-29)18-19-28(34-35(7,8)30(4,5)6)26(3)22-27-16-9-11-20-31-27/h9,11,16,18,20,22,25,28-29H,10,12-15,17,19,21,23H2,1-8H3/b24-18+,26-22+/t25-,28-,29?/m0/s1. The maximum absolute atomic E-state index is 6.89. The van der Waals surface area contributed by atoms with Crippen LogP contribution in [-0.2, 0) is 13.9 Å². The van der Waals surface area contributed by atoms with Crippen LogP contribution in [0.2, 0.25) is 18.1 Å². The van der Waals surface area contributed by atoms with Crippen LogP contribution in [0.3, 0.4) is 0 Å².